The summed E-state index contributed by atoms with van der Waals surface area (Å²) in [5.41, 5.74) is 15.7. The van der Waals surface area contributed by atoms with E-state index in [2.05, 4.69) is 15.6 Å². The molecule has 1 aliphatic heterocycles. The van der Waals surface area contributed by atoms with Crippen molar-refractivity contribution in [1.29, 1.82) is 0 Å². The lowest BCUT2D eigenvalue weighted by Crippen LogP contribution is -2.56. The first-order valence-corrected chi connectivity index (χ1v) is 13.3. The number of ketones is 1. The number of carbonyl (C=O) groups is 6. The Labute approximate surface area is 228 Å². The van der Waals surface area contributed by atoms with Gasteiger partial charge in [0.25, 0.3) is 5.91 Å². The zero-order chi connectivity index (χ0) is 29.7. The summed E-state index contributed by atoms with van der Waals surface area (Å²) in [5.74, 6) is -5.94. The van der Waals surface area contributed by atoms with Crippen LogP contribution in [0.3, 0.4) is 0 Å². The van der Waals surface area contributed by atoms with Crippen LogP contribution in [0.25, 0.3) is 0 Å². The van der Waals surface area contributed by atoms with Crippen LogP contribution in [0.4, 0.5) is 0 Å². The number of carbonyl (C=O) groups excluding carboxylic acids is 5. The van der Waals surface area contributed by atoms with Crippen LogP contribution in [0.2, 0.25) is 0 Å². The molecule has 39 heavy (non-hydrogen) atoms. The van der Waals surface area contributed by atoms with Gasteiger partial charge in [0, 0.05) is 19.0 Å². The summed E-state index contributed by atoms with van der Waals surface area (Å²) in [6.07, 6.45) is 2.56. The van der Waals surface area contributed by atoms with Crippen molar-refractivity contribution in [2.24, 2.45) is 34.0 Å². The van der Waals surface area contributed by atoms with Crippen molar-refractivity contribution in [3.05, 3.63) is 0 Å². The molecule has 0 spiro atoms. The van der Waals surface area contributed by atoms with Crippen molar-refractivity contribution in [3.63, 3.8) is 0 Å². The molecule has 0 saturated carbocycles. The highest BCUT2D eigenvalue weighted by Crippen LogP contribution is 2.25. The van der Waals surface area contributed by atoms with Gasteiger partial charge in [0.2, 0.25) is 23.5 Å². The molecular weight excluding hydrogens is 510 g/mol. The standard InChI is InChI=1S/C25H43N7O7/c1-4-7-15(8-5-2)22(37)31-17(12-19(33)34)24(39)32-13-14(3)11-18(32)23(38)30-16(20(35)21(26)36)9-6-10-29-25(27)28/h14-18H,4-13H2,1-3H3,(H2,26,36)(H,30,38)(H,31,37)(H,33,34)(H4,27,28,29)/t14-,16-,17?,18?/m0/s1. The van der Waals surface area contributed by atoms with Gasteiger partial charge in [0.05, 0.1) is 12.5 Å². The second-order valence-corrected chi connectivity index (χ2v) is 10.0. The summed E-state index contributed by atoms with van der Waals surface area (Å²) in [5, 5.41) is 14.5. The number of amides is 4. The van der Waals surface area contributed by atoms with E-state index in [1.807, 2.05) is 20.8 Å². The van der Waals surface area contributed by atoms with Gasteiger partial charge in [0.1, 0.15) is 12.1 Å². The number of guanidine groups is 1. The molecule has 1 rings (SSSR count). The minimum atomic E-state index is -1.37. The molecule has 0 radical (unpaired) electrons. The Balaban J connectivity index is 3.11. The molecule has 220 valence electrons. The lowest BCUT2D eigenvalue weighted by molar-refractivity contribution is -0.146. The molecule has 1 fully saturated rings. The van der Waals surface area contributed by atoms with Crippen LogP contribution in [-0.4, -0.2) is 82.6 Å². The van der Waals surface area contributed by atoms with E-state index in [1.165, 1.54) is 4.90 Å². The SMILES string of the molecule is CCCC(CCC)C(=O)NC(CC(=O)O)C(=O)N1C[C@@H](C)CC1C(=O)N[C@@H](CCCN=C(N)N)C(=O)C(N)=O. The van der Waals surface area contributed by atoms with Gasteiger partial charge in [-0.25, -0.2) is 0 Å². The van der Waals surface area contributed by atoms with Crippen LogP contribution >= 0.6 is 0 Å². The van der Waals surface area contributed by atoms with E-state index in [0.717, 1.165) is 12.8 Å². The van der Waals surface area contributed by atoms with E-state index in [-0.39, 0.29) is 50.1 Å². The summed E-state index contributed by atoms with van der Waals surface area (Å²) in [6.45, 7) is 5.98. The Kier molecular flexibility index (Phi) is 13.9. The van der Waals surface area contributed by atoms with Crippen LogP contribution in [0, 0.1) is 11.8 Å². The average molecular weight is 554 g/mol. The van der Waals surface area contributed by atoms with Crippen molar-refractivity contribution < 1.29 is 33.9 Å². The van der Waals surface area contributed by atoms with Gasteiger partial charge in [-0.2, -0.15) is 0 Å². The Morgan fingerprint density at radius 3 is 2.10 bits per heavy atom. The Morgan fingerprint density at radius 1 is 0.974 bits per heavy atom. The van der Waals surface area contributed by atoms with Crippen LogP contribution < -0.4 is 27.8 Å². The van der Waals surface area contributed by atoms with Gasteiger partial charge in [-0.05, 0) is 38.0 Å². The maximum Gasteiger partial charge on any atom is 0.305 e. The number of aliphatic carboxylic acids is 1. The minimum Gasteiger partial charge on any atom is -0.481 e. The number of Topliss-reactive ketones (excluding diaryl/α,β-unsaturated/α-hetero) is 1. The van der Waals surface area contributed by atoms with Crippen molar-refractivity contribution >= 4 is 41.3 Å². The highest BCUT2D eigenvalue weighted by Gasteiger charge is 2.42. The van der Waals surface area contributed by atoms with Gasteiger partial charge in [-0.3, -0.25) is 33.8 Å². The lowest BCUT2D eigenvalue weighted by atomic mass is 9.96. The number of likely N-dealkylation sites (tertiary alicyclic amines) is 1. The molecule has 0 aromatic heterocycles. The van der Waals surface area contributed by atoms with E-state index in [1.54, 1.807) is 0 Å². The van der Waals surface area contributed by atoms with Gasteiger partial charge in [-0.1, -0.05) is 33.6 Å². The summed E-state index contributed by atoms with van der Waals surface area (Å²) < 4.78 is 0. The molecular formula is C25H43N7O7. The van der Waals surface area contributed by atoms with Crippen molar-refractivity contribution in [1.82, 2.24) is 15.5 Å². The predicted molar refractivity (Wildman–Crippen MR) is 143 cm³/mol. The van der Waals surface area contributed by atoms with Crippen LogP contribution in [0.15, 0.2) is 4.99 Å². The summed E-state index contributed by atoms with van der Waals surface area (Å²) in [4.78, 5) is 80.1. The smallest absolute Gasteiger partial charge is 0.305 e. The molecule has 14 heteroatoms. The number of hydrogen-bond donors (Lipinski definition) is 6. The van der Waals surface area contributed by atoms with Crippen molar-refractivity contribution in [3.8, 4) is 0 Å². The van der Waals surface area contributed by atoms with Gasteiger partial charge in [0.15, 0.2) is 5.96 Å². The molecule has 0 bridgehead atoms. The first kappa shape index (κ1) is 33.3. The van der Waals surface area contributed by atoms with Gasteiger partial charge >= 0.3 is 5.97 Å². The molecule has 4 amide bonds. The highest BCUT2D eigenvalue weighted by atomic mass is 16.4. The fraction of sp³-hybridized carbons (Fsp3) is 0.720. The summed E-state index contributed by atoms with van der Waals surface area (Å²) >= 11 is 0. The van der Waals surface area contributed by atoms with E-state index < -0.39 is 59.9 Å². The first-order valence-electron chi connectivity index (χ1n) is 13.3. The van der Waals surface area contributed by atoms with Crippen molar-refractivity contribution in [2.75, 3.05) is 13.1 Å². The predicted octanol–water partition coefficient (Wildman–Crippen LogP) is -1.01. The van der Waals surface area contributed by atoms with E-state index >= 15 is 0 Å². The van der Waals surface area contributed by atoms with E-state index in [9.17, 15) is 33.9 Å². The van der Waals surface area contributed by atoms with Gasteiger partial charge < -0.3 is 37.8 Å². The molecule has 9 N–H and O–H groups in total. The number of carboxylic acid groups (broad SMARTS) is 1. The normalized spacial score (nSPS) is 18.2. The maximum absolute atomic E-state index is 13.5. The third-order valence-corrected chi connectivity index (χ3v) is 6.56. The first-order chi connectivity index (χ1) is 18.3. The summed E-state index contributed by atoms with van der Waals surface area (Å²) in [7, 11) is 0. The number of hydrogen-bond acceptors (Lipinski definition) is 7. The van der Waals surface area contributed by atoms with Crippen LogP contribution in [-0.2, 0) is 28.8 Å². The minimum absolute atomic E-state index is 0.0223. The topological polar surface area (TPSA) is 240 Å². The molecule has 1 heterocycles. The molecule has 0 aromatic carbocycles. The maximum atomic E-state index is 13.5. The van der Waals surface area contributed by atoms with E-state index in [4.69, 9.17) is 17.2 Å². The summed E-state index contributed by atoms with van der Waals surface area (Å²) in [6, 6.07) is -3.66. The highest BCUT2D eigenvalue weighted by molar-refractivity contribution is 6.37. The molecule has 2 unspecified atom stereocenters. The number of rotatable bonds is 17. The molecule has 4 atom stereocenters. The Bertz CT molecular complexity index is 930. The number of nitrogens with two attached hydrogens (primary N) is 3. The Morgan fingerprint density at radius 2 is 1.59 bits per heavy atom. The molecule has 0 aromatic rings. The van der Waals surface area contributed by atoms with Crippen LogP contribution in [0.5, 0.6) is 0 Å². The Hall–Kier alpha value is -3.71. The lowest BCUT2D eigenvalue weighted by Gasteiger charge is -2.30. The fourth-order valence-electron chi connectivity index (χ4n) is 4.72. The number of carboxylic acids is 1. The largest absolute Gasteiger partial charge is 0.481 e. The van der Waals surface area contributed by atoms with Gasteiger partial charge in [-0.15, -0.1) is 0 Å². The van der Waals surface area contributed by atoms with Crippen molar-refractivity contribution in [2.45, 2.75) is 90.3 Å². The zero-order valence-corrected chi connectivity index (χ0v) is 23.0. The molecule has 1 aliphatic rings. The molecule has 0 aliphatic carbocycles. The average Bonchev–Trinajstić information content (AvgIpc) is 3.25. The second-order valence-electron chi connectivity index (χ2n) is 10.0. The zero-order valence-electron chi connectivity index (χ0n) is 23.0. The third kappa shape index (κ3) is 10.9. The second kappa shape index (κ2) is 16.3. The van der Waals surface area contributed by atoms with Crippen LogP contribution in [0.1, 0.15) is 72.1 Å². The van der Waals surface area contributed by atoms with E-state index in [0.29, 0.717) is 12.8 Å². The monoisotopic (exact) mass is 553 g/mol. The quantitative estimate of drug-likeness (QED) is 0.0559. The number of nitrogens with zero attached hydrogens (tertiary/aromatic N) is 2. The molecule has 1 saturated heterocycles. The fourth-order valence-corrected chi connectivity index (χ4v) is 4.72. The number of aliphatic imine (C=N–C) groups is 1. The number of nitrogens with one attached hydrogen (secondary N) is 2. The molecule has 14 nitrogen and oxygen atoms in total. The number of primary amides is 1. The third-order valence-electron chi connectivity index (χ3n) is 6.56.